The highest BCUT2D eigenvalue weighted by Gasteiger charge is 2.36. The van der Waals surface area contributed by atoms with E-state index in [0.717, 1.165) is 11.1 Å². The number of nitriles is 1. The summed E-state index contributed by atoms with van der Waals surface area (Å²) >= 11 is 7.14. The summed E-state index contributed by atoms with van der Waals surface area (Å²) < 4.78 is 28.1. The zero-order valence-electron chi connectivity index (χ0n) is 20.5. The third-order valence-corrected chi connectivity index (χ3v) is 10.1. The molecule has 3 aromatic carbocycles. The van der Waals surface area contributed by atoms with Crippen molar-refractivity contribution in [2.24, 2.45) is 0 Å². The predicted octanol–water partition coefficient (Wildman–Crippen LogP) is 4.82. The second kappa shape index (κ2) is 12.0. The Hall–Kier alpha value is -3.30. The molecule has 1 aliphatic rings. The van der Waals surface area contributed by atoms with E-state index in [0.29, 0.717) is 29.6 Å². The van der Waals surface area contributed by atoms with Crippen molar-refractivity contribution in [2.75, 3.05) is 31.9 Å². The zero-order valence-corrected chi connectivity index (χ0v) is 22.9. The van der Waals surface area contributed by atoms with E-state index in [9.17, 15) is 23.8 Å². The first-order chi connectivity index (χ1) is 18.3. The number of thiocarbonyl (C=S) groups is 1. The Labute approximate surface area is 232 Å². The molecular weight excluding hydrogens is 541 g/mol. The van der Waals surface area contributed by atoms with Crippen LogP contribution in [0.5, 0.6) is 0 Å². The van der Waals surface area contributed by atoms with Crippen molar-refractivity contribution in [3.05, 3.63) is 106 Å². The molecule has 3 aromatic rings. The highest BCUT2D eigenvalue weighted by Crippen LogP contribution is 2.36. The van der Waals surface area contributed by atoms with Gasteiger partial charge in [-0.15, -0.1) is 0 Å². The molecule has 0 aliphatic carbocycles. The quantitative estimate of drug-likeness (QED) is 0.217. The number of para-hydroxylation sites is 1. The lowest BCUT2D eigenvalue weighted by Gasteiger charge is -2.35. The van der Waals surface area contributed by atoms with Gasteiger partial charge in [0.15, 0.2) is 4.90 Å². The third-order valence-electron chi connectivity index (χ3n) is 6.60. The van der Waals surface area contributed by atoms with Gasteiger partial charge in [0.1, 0.15) is 9.74 Å². The van der Waals surface area contributed by atoms with Gasteiger partial charge in [-0.25, -0.2) is 8.42 Å². The number of hydrogen-bond donors (Lipinski definition) is 0. The van der Waals surface area contributed by atoms with Crippen LogP contribution in [-0.4, -0.2) is 58.8 Å². The third kappa shape index (κ3) is 5.73. The minimum Gasteiger partial charge on any atom is -0.355 e. The molecule has 196 valence electrons. The molecule has 0 saturated carbocycles. The van der Waals surface area contributed by atoms with Crippen molar-refractivity contribution in [1.82, 2.24) is 9.21 Å². The maximum atomic E-state index is 13.1. The van der Waals surface area contributed by atoms with E-state index in [2.05, 4.69) is 6.07 Å². The van der Waals surface area contributed by atoms with Gasteiger partial charge in [0.25, 0.3) is 5.69 Å². The summed E-state index contributed by atoms with van der Waals surface area (Å²) in [6.07, 6.45) is 0.550. The summed E-state index contributed by atoms with van der Waals surface area (Å²) in [4.78, 5) is 12.3. The van der Waals surface area contributed by atoms with Crippen LogP contribution >= 0.6 is 24.0 Å². The largest absolute Gasteiger partial charge is 0.355 e. The van der Waals surface area contributed by atoms with Crippen LogP contribution in [0.2, 0.25) is 0 Å². The number of rotatable bonds is 8. The highest BCUT2D eigenvalue weighted by molar-refractivity contribution is 8.22. The Morgan fingerprint density at radius 1 is 0.947 bits per heavy atom. The Morgan fingerprint density at radius 2 is 1.47 bits per heavy atom. The molecule has 1 aliphatic heterocycles. The average molecular weight is 567 g/mol. The van der Waals surface area contributed by atoms with Crippen LogP contribution in [0.3, 0.4) is 0 Å². The van der Waals surface area contributed by atoms with E-state index in [1.807, 2.05) is 65.6 Å². The molecule has 1 fully saturated rings. The minimum absolute atomic E-state index is 0.172. The fourth-order valence-electron chi connectivity index (χ4n) is 4.54. The van der Waals surface area contributed by atoms with Crippen LogP contribution in [0.1, 0.15) is 17.5 Å². The molecule has 0 bridgehead atoms. The lowest BCUT2D eigenvalue weighted by atomic mass is 9.74. The topological polar surface area (TPSA) is 108 Å². The maximum Gasteiger partial charge on any atom is 0.289 e. The van der Waals surface area contributed by atoms with Crippen molar-refractivity contribution >= 4 is 44.0 Å². The maximum absolute atomic E-state index is 13.1. The van der Waals surface area contributed by atoms with Crippen molar-refractivity contribution < 1.29 is 13.3 Å². The molecule has 0 aromatic heterocycles. The van der Waals surface area contributed by atoms with E-state index >= 15 is 0 Å². The molecule has 11 heteroatoms. The average Bonchev–Trinajstić information content (AvgIpc) is 2.96. The Kier molecular flexibility index (Phi) is 8.79. The number of hydrogen-bond acceptors (Lipinski definition) is 7. The second-order valence-corrected chi connectivity index (χ2v) is 12.4. The summed E-state index contributed by atoms with van der Waals surface area (Å²) in [6.45, 7) is 1.11. The fourth-order valence-corrected chi connectivity index (χ4v) is 7.50. The van der Waals surface area contributed by atoms with E-state index in [-0.39, 0.29) is 18.0 Å². The van der Waals surface area contributed by atoms with Gasteiger partial charge in [0.2, 0.25) is 10.0 Å². The van der Waals surface area contributed by atoms with Crippen LogP contribution in [-0.2, 0) is 15.4 Å². The van der Waals surface area contributed by atoms with E-state index in [4.69, 9.17) is 12.2 Å². The lowest BCUT2D eigenvalue weighted by Crippen LogP contribution is -2.49. The van der Waals surface area contributed by atoms with Crippen molar-refractivity contribution in [3.8, 4) is 6.07 Å². The number of sulfonamides is 1. The van der Waals surface area contributed by atoms with Crippen molar-refractivity contribution in [2.45, 2.75) is 16.7 Å². The van der Waals surface area contributed by atoms with Gasteiger partial charge in [-0.05, 0) is 23.6 Å². The first-order valence-electron chi connectivity index (χ1n) is 12.0. The molecule has 0 N–H and O–H groups in total. The van der Waals surface area contributed by atoms with E-state index < -0.39 is 26.0 Å². The molecule has 4 rings (SSSR count). The van der Waals surface area contributed by atoms with E-state index in [1.165, 1.54) is 40.3 Å². The zero-order chi connectivity index (χ0) is 27.2. The van der Waals surface area contributed by atoms with Crippen LogP contribution < -0.4 is 0 Å². The van der Waals surface area contributed by atoms with Crippen LogP contribution in [0.4, 0.5) is 5.69 Å². The summed E-state index contributed by atoms with van der Waals surface area (Å²) in [5.41, 5.74) is 0.601. The number of nitrogens with zero attached hydrogens (tertiary/aromatic N) is 4. The number of nitro groups is 1. The standard InChI is InChI=1S/C27H26N4O4S3/c28-21-27(22-9-3-1-4-10-22,23-11-5-2-6-12-23)15-20-37-26(36)29-16-18-30(19-17-29)38(34,35)25-14-8-7-13-24(25)31(32)33/h1-14H,15-20H2. The van der Waals surface area contributed by atoms with Crippen LogP contribution in [0, 0.1) is 21.4 Å². The van der Waals surface area contributed by atoms with Gasteiger partial charge >= 0.3 is 0 Å². The van der Waals surface area contributed by atoms with Gasteiger partial charge in [0.05, 0.1) is 11.0 Å². The summed E-state index contributed by atoms with van der Waals surface area (Å²) in [7, 11) is -4.01. The van der Waals surface area contributed by atoms with E-state index in [1.54, 1.807) is 0 Å². The van der Waals surface area contributed by atoms with Gasteiger partial charge in [0, 0.05) is 38.0 Å². The summed E-state index contributed by atoms with van der Waals surface area (Å²) in [5, 5.41) is 21.7. The summed E-state index contributed by atoms with van der Waals surface area (Å²) in [6, 6.07) is 27.4. The van der Waals surface area contributed by atoms with Gasteiger partial charge in [-0.2, -0.15) is 9.57 Å². The SMILES string of the molecule is N#CC(CCSC(=S)N1CCN(S(=O)(=O)c2ccccc2[N+](=O)[O-])CC1)(c1ccccc1)c1ccccc1. The second-order valence-electron chi connectivity index (χ2n) is 8.73. The normalized spacial score (nSPS) is 14.6. The van der Waals surface area contributed by atoms with Crippen LogP contribution in [0.15, 0.2) is 89.8 Å². The molecule has 0 unspecified atom stereocenters. The van der Waals surface area contributed by atoms with Gasteiger partial charge in [-0.3, -0.25) is 10.1 Å². The smallest absolute Gasteiger partial charge is 0.289 e. The number of benzene rings is 3. The predicted molar refractivity (Wildman–Crippen MR) is 152 cm³/mol. The Bertz CT molecular complexity index is 1400. The first kappa shape index (κ1) is 27.7. The molecule has 0 spiro atoms. The van der Waals surface area contributed by atoms with Gasteiger partial charge < -0.3 is 4.90 Å². The minimum atomic E-state index is -4.01. The molecular formula is C27H26N4O4S3. The summed E-state index contributed by atoms with van der Waals surface area (Å²) in [5.74, 6) is 0.602. The molecule has 38 heavy (non-hydrogen) atoms. The molecule has 0 amide bonds. The Balaban J connectivity index is 1.40. The lowest BCUT2D eigenvalue weighted by molar-refractivity contribution is -0.387. The monoisotopic (exact) mass is 566 g/mol. The van der Waals surface area contributed by atoms with Crippen LogP contribution in [0.25, 0.3) is 0 Å². The number of piperazine rings is 1. The molecule has 1 heterocycles. The first-order valence-corrected chi connectivity index (χ1v) is 14.8. The molecule has 0 radical (unpaired) electrons. The number of thioether (sulfide) groups is 1. The molecule has 0 atom stereocenters. The Morgan fingerprint density at radius 3 is 2.00 bits per heavy atom. The van der Waals surface area contributed by atoms with Crippen molar-refractivity contribution in [1.29, 1.82) is 5.26 Å². The molecule has 1 saturated heterocycles. The fraction of sp³-hybridized carbons (Fsp3) is 0.259. The molecule has 8 nitrogen and oxygen atoms in total. The number of nitro benzene ring substituents is 1. The highest BCUT2D eigenvalue weighted by atomic mass is 32.2. The van der Waals surface area contributed by atoms with Crippen molar-refractivity contribution in [3.63, 3.8) is 0 Å². The van der Waals surface area contributed by atoms with Gasteiger partial charge in [-0.1, -0.05) is 96.8 Å².